The Bertz CT molecular complexity index is 1200. The van der Waals surface area contributed by atoms with Gasteiger partial charge in [0.15, 0.2) is 0 Å². The fourth-order valence-corrected chi connectivity index (χ4v) is 4.02. The van der Waals surface area contributed by atoms with Crippen LogP contribution in [0.5, 0.6) is 5.75 Å². The molecule has 1 heterocycles. The zero-order valence-corrected chi connectivity index (χ0v) is 20.0. The molecule has 0 saturated carbocycles. The monoisotopic (exact) mass is 474 g/mol. The number of carbonyl (C=O) groups excluding carboxylic acids is 1. The fourth-order valence-electron chi connectivity index (χ4n) is 3.89. The van der Waals surface area contributed by atoms with Crippen molar-refractivity contribution in [1.82, 2.24) is 10.5 Å². The zero-order valence-electron chi connectivity index (χ0n) is 19.3. The van der Waals surface area contributed by atoms with Crippen LogP contribution in [0.4, 0.5) is 0 Å². The van der Waals surface area contributed by atoms with E-state index in [2.05, 4.69) is 10.5 Å². The van der Waals surface area contributed by atoms with E-state index in [1.54, 1.807) is 0 Å². The van der Waals surface area contributed by atoms with Crippen LogP contribution >= 0.6 is 11.6 Å². The number of carbonyl (C=O) groups is 1. The summed E-state index contributed by atoms with van der Waals surface area (Å²) in [5.41, 5.74) is 4.89. The number of benzene rings is 3. The topological polar surface area (TPSA) is 64.4 Å². The molecule has 5 nitrogen and oxygen atoms in total. The zero-order chi connectivity index (χ0) is 23.9. The summed E-state index contributed by atoms with van der Waals surface area (Å²) in [4.78, 5) is 12.9. The predicted molar refractivity (Wildman–Crippen MR) is 133 cm³/mol. The smallest absolute Gasteiger partial charge is 0.225 e. The van der Waals surface area contributed by atoms with Gasteiger partial charge in [0.1, 0.15) is 11.5 Å². The van der Waals surface area contributed by atoms with Gasteiger partial charge in [-0.2, -0.15) is 0 Å². The molecule has 174 valence electrons. The molecule has 0 aliphatic carbocycles. The van der Waals surface area contributed by atoms with Crippen molar-refractivity contribution < 1.29 is 14.1 Å². The van der Waals surface area contributed by atoms with Crippen LogP contribution in [0.25, 0.3) is 0 Å². The molecule has 34 heavy (non-hydrogen) atoms. The van der Waals surface area contributed by atoms with Crippen molar-refractivity contribution in [2.24, 2.45) is 0 Å². The molecule has 0 aliphatic rings. The molecule has 3 aromatic carbocycles. The third kappa shape index (κ3) is 6.06. The maximum Gasteiger partial charge on any atom is 0.225 e. The van der Waals surface area contributed by atoms with Crippen LogP contribution in [0.1, 0.15) is 39.7 Å². The summed E-state index contributed by atoms with van der Waals surface area (Å²) < 4.78 is 11.0. The van der Waals surface area contributed by atoms with Gasteiger partial charge in [-0.25, -0.2) is 0 Å². The molecule has 4 aromatic rings. The molecule has 1 aromatic heterocycles. The lowest BCUT2D eigenvalue weighted by Crippen LogP contribution is -2.30. The largest absolute Gasteiger partial charge is 0.493 e. The molecule has 1 amide bonds. The second-order valence-corrected chi connectivity index (χ2v) is 8.62. The Morgan fingerprint density at radius 3 is 2.29 bits per heavy atom. The highest BCUT2D eigenvalue weighted by Gasteiger charge is 2.17. The Morgan fingerprint density at radius 2 is 1.65 bits per heavy atom. The van der Waals surface area contributed by atoms with Crippen molar-refractivity contribution in [1.29, 1.82) is 0 Å². The third-order valence-corrected chi connectivity index (χ3v) is 5.98. The highest BCUT2D eigenvalue weighted by atomic mass is 35.5. The number of rotatable bonds is 9. The average Bonchev–Trinajstić information content (AvgIpc) is 3.17. The van der Waals surface area contributed by atoms with Gasteiger partial charge in [-0.3, -0.25) is 4.79 Å². The van der Waals surface area contributed by atoms with Crippen molar-refractivity contribution >= 4 is 17.5 Å². The van der Waals surface area contributed by atoms with Crippen LogP contribution in [-0.4, -0.2) is 17.7 Å². The van der Waals surface area contributed by atoms with Gasteiger partial charge < -0.3 is 14.6 Å². The van der Waals surface area contributed by atoms with Gasteiger partial charge in [-0.1, -0.05) is 71.4 Å². The van der Waals surface area contributed by atoms with Crippen molar-refractivity contribution in [2.45, 2.75) is 32.7 Å². The molecular weight excluding hydrogens is 448 g/mol. The van der Waals surface area contributed by atoms with Gasteiger partial charge in [0.2, 0.25) is 5.91 Å². The lowest BCUT2D eigenvalue weighted by atomic mass is 9.98. The van der Waals surface area contributed by atoms with E-state index in [-0.39, 0.29) is 18.4 Å². The van der Waals surface area contributed by atoms with E-state index in [0.717, 1.165) is 45.9 Å². The molecule has 0 aliphatic heterocycles. The van der Waals surface area contributed by atoms with Crippen LogP contribution in [-0.2, 0) is 17.6 Å². The lowest BCUT2D eigenvalue weighted by Gasteiger charge is -2.20. The maximum atomic E-state index is 12.9. The van der Waals surface area contributed by atoms with Crippen LogP contribution in [0, 0.1) is 13.8 Å². The molecule has 0 spiro atoms. The SMILES string of the molecule is Cc1noc(C)c1CCOc1ccc(CC(=O)NC(c2ccccc2)c2ccc(Cl)cc2)cc1. The minimum atomic E-state index is -0.252. The van der Waals surface area contributed by atoms with E-state index in [0.29, 0.717) is 11.6 Å². The fraction of sp³-hybridized carbons (Fsp3) is 0.214. The number of halogens is 1. The Morgan fingerprint density at radius 1 is 0.971 bits per heavy atom. The summed E-state index contributed by atoms with van der Waals surface area (Å²) in [7, 11) is 0. The van der Waals surface area contributed by atoms with Crippen LogP contribution in [0.2, 0.25) is 5.02 Å². The van der Waals surface area contributed by atoms with Gasteiger partial charge in [0.05, 0.1) is 24.8 Å². The molecule has 1 unspecified atom stereocenters. The highest BCUT2D eigenvalue weighted by molar-refractivity contribution is 6.30. The van der Waals surface area contributed by atoms with E-state index in [4.69, 9.17) is 20.9 Å². The first-order valence-electron chi connectivity index (χ1n) is 11.2. The second kappa shape index (κ2) is 11.0. The summed E-state index contributed by atoms with van der Waals surface area (Å²) in [5, 5.41) is 7.80. The summed E-state index contributed by atoms with van der Waals surface area (Å²) in [6, 6.07) is 24.8. The molecule has 0 bridgehead atoms. The molecule has 6 heteroatoms. The number of ether oxygens (including phenoxy) is 1. The number of hydrogen-bond donors (Lipinski definition) is 1. The number of nitrogens with zero attached hydrogens (tertiary/aromatic N) is 1. The lowest BCUT2D eigenvalue weighted by molar-refractivity contribution is -0.120. The standard InChI is InChI=1S/C28H27ClN2O3/c1-19-26(20(2)34-31-19)16-17-33-25-14-8-21(9-15-25)18-27(32)30-28(22-6-4-3-5-7-22)23-10-12-24(29)13-11-23/h3-15,28H,16-18H2,1-2H3,(H,30,32). The predicted octanol–water partition coefficient (Wildman–Crippen LogP) is 6.01. The van der Waals surface area contributed by atoms with Crippen molar-refractivity contribution in [2.75, 3.05) is 6.61 Å². The van der Waals surface area contributed by atoms with Gasteiger partial charge in [0, 0.05) is 17.0 Å². The van der Waals surface area contributed by atoms with E-state index in [1.165, 1.54) is 0 Å². The average molecular weight is 475 g/mol. The van der Waals surface area contributed by atoms with Crippen molar-refractivity contribution in [3.63, 3.8) is 0 Å². The van der Waals surface area contributed by atoms with E-state index in [1.807, 2.05) is 92.7 Å². The second-order valence-electron chi connectivity index (χ2n) is 8.18. The van der Waals surface area contributed by atoms with Gasteiger partial charge in [-0.15, -0.1) is 0 Å². The molecule has 1 N–H and O–H groups in total. The molecule has 1 atom stereocenters. The van der Waals surface area contributed by atoms with E-state index >= 15 is 0 Å². The Hall–Kier alpha value is -3.57. The first-order valence-corrected chi connectivity index (χ1v) is 11.6. The minimum Gasteiger partial charge on any atom is -0.493 e. The molecular formula is C28H27ClN2O3. The Balaban J connectivity index is 1.36. The van der Waals surface area contributed by atoms with Gasteiger partial charge >= 0.3 is 0 Å². The third-order valence-electron chi connectivity index (χ3n) is 5.73. The van der Waals surface area contributed by atoms with Gasteiger partial charge in [0.25, 0.3) is 0 Å². The Kier molecular flexibility index (Phi) is 7.65. The number of hydrogen-bond acceptors (Lipinski definition) is 4. The number of aromatic nitrogens is 1. The quantitative estimate of drug-likeness (QED) is 0.322. The molecule has 0 radical (unpaired) electrons. The minimum absolute atomic E-state index is 0.0594. The first kappa shape index (κ1) is 23.6. The van der Waals surface area contributed by atoms with E-state index < -0.39 is 0 Å². The molecule has 0 saturated heterocycles. The molecule has 0 fully saturated rings. The summed E-state index contributed by atoms with van der Waals surface area (Å²) in [6.45, 7) is 4.37. The van der Waals surface area contributed by atoms with Crippen LogP contribution in [0.3, 0.4) is 0 Å². The van der Waals surface area contributed by atoms with Crippen LogP contribution < -0.4 is 10.1 Å². The first-order chi connectivity index (χ1) is 16.5. The van der Waals surface area contributed by atoms with Gasteiger partial charge in [-0.05, 0) is 54.8 Å². The highest BCUT2D eigenvalue weighted by Crippen LogP contribution is 2.24. The normalized spacial score (nSPS) is 11.7. The van der Waals surface area contributed by atoms with Crippen molar-refractivity contribution in [3.8, 4) is 5.75 Å². The number of amides is 1. The summed E-state index contributed by atoms with van der Waals surface area (Å²) >= 11 is 6.05. The maximum absolute atomic E-state index is 12.9. The van der Waals surface area contributed by atoms with Crippen LogP contribution in [0.15, 0.2) is 83.4 Å². The van der Waals surface area contributed by atoms with Crippen molar-refractivity contribution in [3.05, 3.63) is 118 Å². The summed E-state index contributed by atoms with van der Waals surface area (Å²) in [6.07, 6.45) is 1.01. The summed E-state index contributed by atoms with van der Waals surface area (Å²) in [5.74, 6) is 1.53. The Labute approximate surface area is 204 Å². The molecule has 4 rings (SSSR count). The number of nitrogens with one attached hydrogen (secondary N) is 1. The van der Waals surface area contributed by atoms with E-state index in [9.17, 15) is 4.79 Å². The number of aryl methyl sites for hydroxylation is 2.